The van der Waals surface area contributed by atoms with Crippen LogP contribution in [0.3, 0.4) is 0 Å². The van der Waals surface area contributed by atoms with Crippen LogP contribution in [0.5, 0.6) is 0 Å². The topological polar surface area (TPSA) is 105 Å². The minimum absolute atomic E-state index is 0.194. The van der Waals surface area contributed by atoms with Crippen LogP contribution in [0.4, 0.5) is 27.8 Å². The highest BCUT2D eigenvalue weighted by Crippen LogP contribution is 2.44. The summed E-state index contributed by atoms with van der Waals surface area (Å²) in [7, 11) is -3.79. The van der Waals surface area contributed by atoms with E-state index in [1.165, 1.54) is 19.2 Å². The van der Waals surface area contributed by atoms with Gasteiger partial charge in [-0.3, -0.25) is 15.7 Å². The van der Waals surface area contributed by atoms with Gasteiger partial charge in [0.05, 0.1) is 10.6 Å². The number of alkyl halides is 5. The second-order valence-electron chi connectivity index (χ2n) is 6.84. The molecule has 0 spiro atoms. The fourth-order valence-electron chi connectivity index (χ4n) is 2.72. The molecule has 2 aromatic heterocycles. The van der Waals surface area contributed by atoms with Gasteiger partial charge in [-0.15, -0.1) is 0 Å². The smallest absolute Gasteiger partial charge is 0.290 e. The van der Waals surface area contributed by atoms with Crippen molar-refractivity contribution in [3.63, 3.8) is 0 Å². The monoisotopic (exact) mass is 464 g/mol. The summed E-state index contributed by atoms with van der Waals surface area (Å²) in [5, 5.41) is 9.47. The summed E-state index contributed by atoms with van der Waals surface area (Å²) in [5.74, 6) is -5.99. The minimum Gasteiger partial charge on any atom is -0.290 e. The van der Waals surface area contributed by atoms with Crippen LogP contribution in [0.15, 0.2) is 40.5 Å². The Morgan fingerprint density at radius 1 is 1.19 bits per heavy atom. The van der Waals surface area contributed by atoms with Crippen LogP contribution in [-0.4, -0.2) is 41.4 Å². The van der Waals surface area contributed by atoms with Gasteiger partial charge in [-0.1, -0.05) is 6.92 Å². The third-order valence-corrected chi connectivity index (χ3v) is 6.40. The number of halogens is 5. The van der Waals surface area contributed by atoms with Crippen LogP contribution in [0.2, 0.25) is 0 Å². The van der Waals surface area contributed by atoms with E-state index in [4.69, 9.17) is 0 Å². The zero-order valence-corrected chi connectivity index (χ0v) is 16.8. The Morgan fingerprint density at radius 3 is 2.35 bits per heavy atom. The van der Waals surface area contributed by atoms with Gasteiger partial charge < -0.3 is 0 Å². The molecule has 0 saturated heterocycles. The molecular weight excluding hydrogens is 447 g/mol. The van der Waals surface area contributed by atoms with Crippen molar-refractivity contribution in [1.82, 2.24) is 15.4 Å². The predicted molar refractivity (Wildman–Crippen MR) is 99.2 cm³/mol. The molecule has 1 fully saturated rings. The molecule has 0 bridgehead atoms. The Kier molecular flexibility index (Phi) is 6.02. The number of hydrogen-bond acceptors (Lipinski definition) is 6. The number of aliphatic imine (C=N–C) groups is 1. The molecule has 2 heterocycles. The highest BCUT2D eigenvalue weighted by Gasteiger charge is 2.58. The number of nitrogens with zero attached hydrogens (tertiary/aromatic N) is 3. The fraction of sp³-hybridized carbons (Fsp3) is 0.389. The first-order valence-electron chi connectivity index (χ1n) is 9.03. The fourth-order valence-corrected chi connectivity index (χ4v) is 3.79. The van der Waals surface area contributed by atoms with Crippen molar-refractivity contribution in [2.45, 2.75) is 42.7 Å². The van der Waals surface area contributed by atoms with E-state index in [1.807, 2.05) is 0 Å². The number of nitrogens with one attached hydrogen (secondary N) is 1. The van der Waals surface area contributed by atoms with Crippen molar-refractivity contribution >= 4 is 21.5 Å². The van der Waals surface area contributed by atoms with Crippen molar-refractivity contribution in [3.05, 3.63) is 47.4 Å². The molecule has 1 aliphatic rings. The van der Waals surface area contributed by atoms with Crippen LogP contribution in [0.1, 0.15) is 42.5 Å². The van der Waals surface area contributed by atoms with Gasteiger partial charge in [-0.25, -0.2) is 18.4 Å². The average Bonchev–Trinajstić information content (AvgIpc) is 3.56. The van der Waals surface area contributed by atoms with E-state index in [2.05, 4.69) is 15.0 Å². The molecule has 13 heteroatoms. The summed E-state index contributed by atoms with van der Waals surface area (Å²) < 4.78 is 89.3. The van der Waals surface area contributed by atoms with Crippen molar-refractivity contribution in [2.75, 3.05) is 5.75 Å². The van der Waals surface area contributed by atoms with E-state index >= 15 is 0 Å². The first kappa shape index (κ1) is 23.0. The molecule has 2 aromatic rings. The maximum absolute atomic E-state index is 13.4. The molecule has 168 valence electrons. The van der Waals surface area contributed by atoms with Gasteiger partial charge in [0.25, 0.3) is 0 Å². The Bertz CT molecular complexity index is 1100. The lowest BCUT2D eigenvalue weighted by atomic mass is 10.1. The van der Waals surface area contributed by atoms with E-state index in [1.54, 1.807) is 5.48 Å². The standard InChI is InChI=1S/C18H17F5N4O3S/c1-2-31(29,30)13-7-11(10-3-4-10)8-25-15(13)16(27-28)26-14-6-5-12(9-24-14)17(19,20)18(21,22)23/h5-10,28H,2-4H2,1H3,(H,24,26,27). The molecule has 0 aromatic carbocycles. The molecule has 7 nitrogen and oxygen atoms in total. The number of hydrogen-bond donors (Lipinski definition) is 2. The highest BCUT2D eigenvalue weighted by atomic mass is 32.2. The molecule has 0 amide bonds. The van der Waals surface area contributed by atoms with E-state index in [0.717, 1.165) is 18.9 Å². The molecule has 2 N–H and O–H groups in total. The van der Waals surface area contributed by atoms with Gasteiger partial charge in [0.1, 0.15) is 5.69 Å². The molecule has 1 saturated carbocycles. The van der Waals surface area contributed by atoms with Crippen molar-refractivity contribution in [2.24, 2.45) is 4.99 Å². The maximum atomic E-state index is 13.4. The Morgan fingerprint density at radius 2 is 1.87 bits per heavy atom. The summed E-state index contributed by atoms with van der Waals surface area (Å²) in [4.78, 5) is 11.2. The van der Waals surface area contributed by atoms with E-state index < -0.39 is 33.3 Å². The third kappa shape index (κ3) is 4.66. The van der Waals surface area contributed by atoms with Crippen LogP contribution in [-0.2, 0) is 15.8 Å². The van der Waals surface area contributed by atoms with Crippen LogP contribution in [0, 0.1) is 0 Å². The van der Waals surface area contributed by atoms with Gasteiger partial charge in [0.2, 0.25) is 0 Å². The van der Waals surface area contributed by atoms with Crippen LogP contribution >= 0.6 is 0 Å². The maximum Gasteiger partial charge on any atom is 0.458 e. The summed E-state index contributed by atoms with van der Waals surface area (Å²) in [5.41, 5.74) is 0.779. The van der Waals surface area contributed by atoms with E-state index in [-0.39, 0.29) is 28.1 Å². The molecule has 0 radical (unpaired) electrons. The zero-order valence-electron chi connectivity index (χ0n) is 16.0. The molecule has 1 aliphatic carbocycles. The molecule has 0 unspecified atom stereocenters. The van der Waals surface area contributed by atoms with Crippen molar-refractivity contribution < 1.29 is 35.6 Å². The lowest BCUT2D eigenvalue weighted by molar-refractivity contribution is -0.289. The van der Waals surface area contributed by atoms with Crippen molar-refractivity contribution in [3.8, 4) is 0 Å². The van der Waals surface area contributed by atoms with Crippen LogP contribution < -0.4 is 5.48 Å². The van der Waals surface area contributed by atoms with Gasteiger partial charge in [-0.05, 0) is 42.5 Å². The van der Waals surface area contributed by atoms with Gasteiger partial charge in [0, 0.05) is 18.0 Å². The second-order valence-corrected chi connectivity index (χ2v) is 9.09. The van der Waals surface area contributed by atoms with E-state index in [9.17, 15) is 35.6 Å². The number of pyridine rings is 2. The lowest BCUT2D eigenvalue weighted by Crippen LogP contribution is -2.33. The molecule has 0 atom stereocenters. The van der Waals surface area contributed by atoms with Gasteiger partial charge >= 0.3 is 12.1 Å². The zero-order chi connectivity index (χ0) is 23.0. The number of rotatable bonds is 6. The number of hydroxylamine groups is 1. The van der Waals surface area contributed by atoms with Crippen molar-refractivity contribution in [1.29, 1.82) is 0 Å². The number of amidine groups is 1. The minimum atomic E-state index is -5.80. The SMILES string of the molecule is CCS(=O)(=O)c1cc(C2CC2)cnc1C(=Nc1ccc(C(F)(F)C(F)(F)F)cn1)NO. The quantitative estimate of drug-likeness (QED) is 0.291. The Hall–Kier alpha value is -2.67. The first-order valence-corrected chi connectivity index (χ1v) is 10.7. The Balaban J connectivity index is 2.02. The predicted octanol–water partition coefficient (Wildman–Crippen LogP) is 3.86. The summed E-state index contributed by atoms with van der Waals surface area (Å²) in [6.45, 7) is 1.42. The largest absolute Gasteiger partial charge is 0.458 e. The van der Waals surface area contributed by atoms with E-state index in [0.29, 0.717) is 17.8 Å². The number of aromatic nitrogens is 2. The third-order valence-electron chi connectivity index (χ3n) is 4.66. The normalized spacial score (nSPS) is 15.8. The molecule has 0 aliphatic heterocycles. The molecule has 31 heavy (non-hydrogen) atoms. The second kappa shape index (κ2) is 8.11. The molecular formula is C18H17F5N4O3S. The summed E-state index contributed by atoms with van der Waals surface area (Å²) in [6, 6.07) is 2.70. The highest BCUT2D eigenvalue weighted by molar-refractivity contribution is 7.91. The van der Waals surface area contributed by atoms with Gasteiger partial charge in [-0.2, -0.15) is 22.0 Å². The first-order chi connectivity index (χ1) is 14.4. The Labute approximate surface area is 173 Å². The number of sulfone groups is 1. The van der Waals surface area contributed by atoms with Gasteiger partial charge in [0.15, 0.2) is 21.5 Å². The molecule has 3 rings (SSSR count). The lowest BCUT2D eigenvalue weighted by Gasteiger charge is -2.19. The average molecular weight is 464 g/mol. The van der Waals surface area contributed by atoms with Crippen LogP contribution in [0.25, 0.3) is 0 Å². The summed E-state index contributed by atoms with van der Waals surface area (Å²) >= 11 is 0. The summed E-state index contributed by atoms with van der Waals surface area (Å²) in [6.07, 6.45) is -2.27.